The molecule has 1 aliphatic heterocycles. The number of carbonyl (C=O) groups excluding carboxylic acids is 1. The van der Waals surface area contributed by atoms with Crippen molar-refractivity contribution in [2.24, 2.45) is 0 Å². The number of carbonyl (C=O) groups is 1. The zero-order chi connectivity index (χ0) is 22.5. The highest BCUT2D eigenvalue weighted by atomic mass is 19.1. The fraction of sp³-hybridized carbons (Fsp3) is 0.320. The standard InChI is InChI=1S/C25H28FN3O3/c1-3-28-12-14-29(15-13-28)20-6-10-23(18(2)16-20)27-25(30)24-11-9-22(32-24)17-31-21-7-4-19(26)5-8-21/h4-11,16H,3,12-15,17H2,1-2H3,(H,27,30). The predicted molar refractivity (Wildman–Crippen MR) is 123 cm³/mol. The van der Waals surface area contributed by atoms with Gasteiger partial charge in [0.05, 0.1) is 0 Å². The van der Waals surface area contributed by atoms with E-state index in [2.05, 4.69) is 28.1 Å². The molecule has 2 heterocycles. The number of nitrogens with one attached hydrogen (secondary N) is 1. The van der Waals surface area contributed by atoms with Crippen LogP contribution in [-0.4, -0.2) is 43.5 Å². The number of nitrogens with zero attached hydrogens (tertiary/aromatic N) is 2. The van der Waals surface area contributed by atoms with Crippen LogP contribution >= 0.6 is 0 Å². The van der Waals surface area contributed by atoms with Crippen LogP contribution in [0.15, 0.2) is 59.0 Å². The molecule has 6 nitrogen and oxygen atoms in total. The normalized spacial score (nSPS) is 14.4. The van der Waals surface area contributed by atoms with E-state index < -0.39 is 0 Å². The van der Waals surface area contributed by atoms with Crippen LogP contribution in [0.3, 0.4) is 0 Å². The van der Waals surface area contributed by atoms with E-state index in [1.165, 1.54) is 17.8 Å². The Kier molecular flexibility index (Phi) is 6.75. The van der Waals surface area contributed by atoms with Gasteiger partial charge in [-0.3, -0.25) is 4.79 Å². The second-order valence-electron chi connectivity index (χ2n) is 7.88. The van der Waals surface area contributed by atoms with Gasteiger partial charge < -0.3 is 24.3 Å². The Labute approximate surface area is 187 Å². The average molecular weight is 438 g/mol. The molecule has 0 atom stereocenters. The molecule has 1 fully saturated rings. The summed E-state index contributed by atoms with van der Waals surface area (Å²) in [4.78, 5) is 17.5. The summed E-state index contributed by atoms with van der Waals surface area (Å²) < 4.78 is 24.2. The van der Waals surface area contributed by atoms with E-state index >= 15 is 0 Å². The first-order valence-corrected chi connectivity index (χ1v) is 10.9. The van der Waals surface area contributed by atoms with E-state index in [1.54, 1.807) is 24.3 Å². The van der Waals surface area contributed by atoms with E-state index in [9.17, 15) is 9.18 Å². The van der Waals surface area contributed by atoms with Crippen molar-refractivity contribution in [3.63, 3.8) is 0 Å². The lowest BCUT2D eigenvalue weighted by Gasteiger charge is -2.35. The maximum absolute atomic E-state index is 13.0. The molecule has 0 bridgehead atoms. The summed E-state index contributed by atoms with van der Waals surface area (Å²) in [5.74, 6) is 0.613. The van der Waals surface area contributed by atoms with Crippen molar-refractivity contribution in [2.75, 3.05) is 42.9 Å². The smallest absolute Gasteiger partial charge is 0.291 e. The zero-order valence-corrected chi connectivity index (χ0v) is 18.4. The molecule has 0 saturated carbocycles. The highest BCUT2D eigenvalue weighted by molar-refractivity contribution is 6.02. The highest BCUT2D eigenvalue weighted by Crippen LogP contribution is 2.24. The second-order valence-corrected chi connectivity index (χ2v) is 7.88. The number of anilines is 2. The predicted octanol–water partition coefficient (Wildman–Crippen LogP) is 4.70. The van der Waals surface area contributed by atoms with Crippen molar-refractivity contribution in [3.8, 4) is 5.75 Å². The minimum atomic E-state index is -0.323. The van der Waals surface area contributed by atoms with Crippen LogP contribution in [0.25, 0.3) is 0 Å². The molecule has 32 heavy (non-hydrogen) atoms. The SMILES string of the molecule is CCN1CCN(c2ccc(NC(=O)c3ccc(COc4ccc(F)cc4)o3)c(C)c2)CC1. The van der Waals surface area contributed by atoms with Crippen molar-refractivity contribution < 1.29 is 18.3 Å². The lowest BCUT2D eigenvalue weighted by molar-refractivity contribution is 0.0992. The highest BCUT2D eigenvalue weighted by Gasteiger charge is 2.17. The van der Waals surface area contributed by atoms with Gasteiger partial charge in [0.2, 0.25) is 0 Å². The molecule has 7 heteroatoms. The van der Waals surface area contributed by atoms with Gasteiger partial charge >= 0.3 is 0 Å². The van der Waals surface area contributed by atoms with Gasteiger partial charge in [-0.2, -0.15) is 0 Å². The zero-order valence-electron chi connectivity index (χ0n) is 18.4. The third kappa shape index (κ3) is 5.29. The van der Waals surface area contributed by atoms with Gasteiger partial charge in [-0.15, -0.1) is 0 Å². The topological polar surface area (TPSA) is 58.0 Å². The molecule has 3 aromatic rings. The molecule has 0 unspecified atom stereocenters. The van der Waals surface area contributed by atoms with Gasteiger partial charge in [0, 0.05) is 37.6 Å². The summed E-state index contributed by atoms with van der Waals surface area (Å²) in [7, 11) is 0. The van der Waals surface area contributed by atoms with Crippen molar-refractivity contribution >= 4 is 17.3 Å². The summed E-state index contributed by atoms with van der Waals surface area (Å²) >= 11 is 0. The molecule has 1 amide bonds. The van der Waals surface area contributed by atoms with Gasteiger partial charge in [-0.1, -0.05) is 6.92 Å². The third-order valence-corrected chi connectivity index (χ3v) is 5.72. The van der Waals surface area contributed by atoms with Crippen molar-refractivity contribution in [3.05, 3.63) is 77.5 Å². The number of ether oxygens (including phenoxy) is 1. The van der Waals surface area contributed by atoms with Crippen LogP contribution in [0.4, 0.5) is 15.8 Å². The van der Waals surface area contributed by atoms with Crippen LogP contribution in [0.2, 0.25) is 0 Å². The number of benzene rings is 2. The van der Waals surface area contributed by atoms with Gasteiger partial charge in [0.25, 0.3) is 5.91 Å². The summed E-state index contributed by atoms with van der Waals surface area (Å²) in [5, 5.41) is 2.92. The van der Waals surface area contributed by atoms with Crippen molar-refractivity contribution in [1.29, 1.82) is 0 Å². The Morgan fingerprint density at radius 2 is 1.81 bits per heavy atom. The summed E-state index contributed by atoms with van der Waals surface area (Å²) in [5.41, 5.74) is 2.93. The summed E-state index contributed by atoms with van der Waals surface area (Å²) in [6.07, 6.45) is 0. The second kappa shape index (κ2) is 9.87. The molecule has 2 aromatic carbocycles. The molecule has 1 N–H and O–H groups in total. The molecule has 0 aliphatic carbocycles. The third-order valence-electron chi connectivity index (χ3n) is 5.72. The fourth-order valence-corrected chi connectivity index (χ4v) is 3.75. The quantitative estimate of drug-likeness (QED) is 0.581. The molecular weight excluding hydrogens is 409 g/mol. The van der Waals surface area contributed by atoms with Crippen LogP contribution < -0.4 is 15.0 Å². The largest absolute Gasteiger partial charge is 0.486 e. The number of furan rings is 1. The van der Waals surface area contributed by atoms with Gasteiger partial charge in [0.15, 0.2) is 5.76 Å². The van der Waals surface area contributed by atoms with Gasteiger partial charge in [-0.25, -0.2) is 4.39 Å². The van der Waals surface area contributed by atoms with Crippen molar-refractivity contribution in [1.82, 2.24) is 4.90 Å². The molecule has 1 aromatic heterocycles. The van der Waals surface area contributed by atoms with E-state index in [-0.39, 0.29) is 24.1 Å². The minimum Gasteiger partial charge on any atom is -0.486 e. The number of amides is 1. The van der Waals surface area contributed by atoms with Crippen molar-refractivity contribution in [2.45, 2.75) is 20.5 Å². The maximum Gasteiger partial charge on any atom is 0.291 e. The lowest BCUT2D eigenvalue weighted by atomic mass is 10.1. The minimum absolute atomic E-state index is 0.151. The Hall–Kier alpha value is -3.32. The molecular formula is C25H28FN3O3. The number of likely N-dealkylation sites (N-methyl/N-ethyl adjacent to an activating group) is 1. The Balaban J connectivity index is 1.34. The number of hydrogen-bond donors (Lipinski definition) is 1. The first-order valence-electron chi connectivity index (χ1n) is 10.9. The molecule has 0 spiro atoms. The number of rotatable bonds is 7. The number of piperazine rings is 1. The number of aryl methyl sites for hydroxylation is 1. The van der Waals surface area contributed by atoms with Crippen LogP contribution in [0.5, 0.6) is 5.75 Å². The van der Waals surface area contributed by atoms with E-state index in [0.717, 1.165) is 44.0 Å². The van der Waals surface area contributed by atoms with Crippen LogP contribution in [-0.2, 0) is 6.61 Å². The Bertz CT molecular complexity index is 1060. The van der Waals surface area contributed by atoms with E-state index in [1.807, 2.05) is 19.1 Å². The first kappa shape index (κ1) is 21.9. The Morgan fingerprint density at radius 3 is 2.50 bits per heavy atom. The Morgan fingerprint density at radius 1 is 1.06 bits per heavy atom. The number of halogens is 1. The molecule has 0 radical (unpaired) electrons. The van der Waals surface area contributed by atoms with Gasteiger partial charge in [0.1, 0.15) is 23.9 Å². The van der Waals surface area contributed by atoms with Gasteiger partial charge in [-0.05, 0) is 73.6 Å². The summed E-state index contributed by atoms with van der Waals surface area (Å²) in [6.45, 7) is 9.58. The maximum atomic E-state index is 13.0. The summed E-state index contributed by atoms with van der Waals surface area (Å²) in [6, 6.07) is 15.2. The monoisotopic (exact) mass is 437 g/mol. The van der Waals surface area contributed by atoms with Crippen LogP contribution in [0.1, 0.15) is 28.8 Å². The fourth-order valence-electron chi connectivity index (χ4n) is 3.75. The lowest BCUT2D eigenvalue weighted by Crippen LogP contribution is -2.46. The first-order chi connectivity index (χ1) is 15.5. The number of hydrogen-bond acceptors (Lipinski definition) is 5. The molecule has 1 saturated heterocycles. The van der Waals surface area contributed by atoms with E-state index in [0.29, 0.717) is 11.5 Å². The van der Waals surface area contributed by atoms with Crippen LogP contribution in [0, 0.1) is 12.7 Å². The van der Waals surface area contributed by atoms with E-state index in [4.69, 9.17) is 9.15 Å². The molecule has 4 rings (SSSR count). The molecule has 1 aliphatic rings. The average Bonchev–Trinajstić information content (AvgIpc) is 3.29. The molecule has 168 valence electrons.